The molecule has 0 aliphatic heterocycles. The van der Waals surface area contributed by atoms with Gasteiger partial charge in [-0.05, 0) is 39.5 Å². The standard InChI is InChI=1S/C17H11BrClNO/c18-14-9-4-8-13(16(14)19)17(21)20-15-10-3-6-11-5-1-2-7-12(11)15/h1-10H,(H,20,21). The molecule has 0 atom stereocenters. The molecular weight excluding hydrogens is 350 g/mol. The lowest BCUT2D eigenvalue weighted by atomic mass is 10.1. The number of nitrogens with one attached hydrogen (secondary N) is 1. The smallest absolute Gasteiger partial charge is 0.257 e. The van der Waals surface area contributed by atoms with E-state index in [-0.39, 0.29) is 5.91 Å². The fourth-order valence-corrected chi connectivity index (χ4v) is 2.78. The maximum atomic E-state index is 12.4. The number of halogens is 2. The monoisotopic (exact) mass is 359 g/mol. The average Bonchev–Trinajstić information content (AvgIpc) is 2.50. The van der Waals surface area contributed by atoms with Crippen LogP contribution in [0.25, 0.3) is 10.8 Å². The van der Waals surface area contributed by atoms with Crippen molar-refractivity contribution < 1.29 is 4.79 Å². The SMILES string of the molecule is O=C(Nc1cccc2ccccc12)c1cccc(Br)c1Cl. The molecule has 0 heterocycles. The molecule has 0 spiro atoms. The highest BCUT2D eigenvalue weighted by molar-refractivity contribution is 9.10. The van der Waals surface area contributed by atoms with Gasteiger partial charge >= 0.3 is 0 Å². The Balaban J connectivity index is 1.99. The number of fused-ring (bicyclic) bond motifs is 1. The third-order valence-electron chi connectivity index (χ3n) is 3.23. The lowest BCUT2D eigenvalue weighted by molar-refractivity contribution is 0.102. The van der Waals surface area contributed by atoms with Crippen LogP contribution in [0.5, 0.6) is 0 Å². The first-order valence-electron chi connectivity index (χ1n) is 6.40. The molecule has 0 aliphatic rings. The van der Waals surface area contributed by atoms with Gasteiger partial charge in [0, 0.05) is 15.5 Å². The summed E-state index contributed by atoms with van der Waals surface area (Å²) in [6.07, 6.45) is 0. The van der Waals surface area contributed by atoms with Gasteiger partial charge in [0.25, 0.3) is 5.91 Å². The minimum atomic E-state index is -0.224. The Labute approximate surface area is 135 Å². The van der Waals surface area contributed by atoms with Gasteiger partial charge in [-0.1, -0.05) is 54.1 Å². The molecule has 2 nitrogen and oxygen atoms in total. The van der Waals surface area contributed by atoms with E-state index < -0.39 is 0 Å². The predicted molar refractivity (Wildman–Crippen MR) is 91.1 cm³/mol. The number of carbonyl (C=O) groups excluding carboxylic acids is 1. The molecule has 0 saturated heterocycles. The van der Waals surface area contributed by atoms with E-state index in [9.17, 15) is 4.79 Å². The molecular formula is C17H11BrClNO. The molecule has 0 radical (unpaired) electrons. The Morgan fingerprint density at radius 3 is 2.52 bits per heavy atom. The summed E-state index contributed by atoms with van der Waals surface area (Å²) in [5, 5.41) is 5.42. The van der Waals surface area contributed by atoms with Crippen molar-refractivity contribution in [3.63, 3.8) is 0 Å². The highest BCUT2D eigenvalue weighted by atomic mass is 79.9. The summed E-state index contributed by atoms with van der Waals surface area (Å²) in [5.41, 5.74) is 1.22. The Morgan fingerprint density at radius 1 is 0.952 bits per heavy atom. The van der Waals surface area contributed by atoms with E-state index in [0.717, 1.165) is 16.5 Å². The number of amides is 1. The molecule has 1 N–H and O–H groups in total. The first-order valence-corrected chi connectivity index (χ1v) is 7.57. The Hall–Kier alpha value is -1.84. The molecule has 0 aromatic heterocycles. The first kappa shape index (κ1) is 14.1. The topological polar surface area (TPSA) is 29.1 Å². The highest BCUT2D eigenvalue weighted by Crippen LogP contribution is 2.28. The molecule has 21 heavy (non-hydrogen) atoms. The second-order valence-corrected chi connectivity index (χ2v) is 5.81. The maximum absolute atomic E-state index is 12.4. The Bertz CT molecular complexity index is 827. The van der Waals surface area contributed by atoms with Crippen LogP contribution in [0.15, 0.2) is 65.1 Å². The number of hydrogen-bond donors (Lipinski definition) is 1. The van der Waals surface area contributed by atoms with Crippen molar-refractivity contribution in [2.45, 2.75) is 0 Å². The molecule has 0 fully saturated rings. The molecule has 0 saturated carbocycles. The van der Waals surface area contributed by atoms with Crippen LogP contribution < -0.4 is 5.32 Å². The quantitative estimate of drug-likeness (QED) is 0.641. The number of hydrogen-bond acceptors (Lipinski definition) is 1. The summed E-state index contributed by atoms with van der Waals surface area (Å²) in [7, 11) is 0. The number of carbonyl (C=O) groups is 1. The third-order valence-corrected chi connectivity index (χ3v) is 4.53. The first-order chi connectivity index (χ1) is 10.2. The van der Waals surface area contributed by atoms with Crippen molar-refractivity contribution in [2.75, 3.05) is 5.32 Å². The highest BCUT2D eigenvalue weighted by Gasteiger charge is 2.13. The van der Waals surface area contributed by atoms with Crippen LogP contribution >= 0.6 is 27.5 Å². The zero-order chi connectivity index (χ0) is 14.8. The summed E-state index contributed by atoms with van der Waals surface area (Å²) in [6.45, 7) is 0. The van der Waals surface area contributed by atoms with E-state index in [2.05, 4.69) is 21.2 Å². The van der Waals surface area contributed by atoms with Crippen molar-refractivity contribution in [1.82, 2.24) is 0 Å². The van der Waals surface area contributed by atoms with Crippen LogP contribution in [0.3, 0.4) is 0 Å². The summed E-state index contributed by atoms with van der Waals surface area (Å²) in [6, 6.07) is 19.0. The van der Waals surface area contributed by atoms with Crippen molar-refractivity contribution in [3.8, 4) is 0 Å². The zero-order valence-corrected chi connectivity index (χ0v) is 13.3. The Morgan fingerprint density at radius 2 is 1.67 bits per heavy atom. The molecule has 104 valence electrons. The largest absolute Gasteiger partial charge is 0.321 e. The van der Waals surface area contributed by atoms with Gasteiger partial charge in [0.2, 0.25) is 0 Å². The summed E-state index contributed by atoms with van der Waals surface area (Å²) in [4.78, 5) is 12.4. The molecule has 0 aliphatic carbocycles. The maximum Gasteiger partial charge on any atom is 0.257 e. The van der Waals surface area contributed by atoms with Gasteiger partial charge in [0.05, 0.1) is 10.6 Å². The summed E-state index contributed by atoms with van der Waals surface area (Å²) < 4.78 is 0.703. The zero-order valence-electron chi connectivity index (χ0n) is 10.9. The van der Waals surface area contributed by atoms with E-state index in [1.165, 1.54) is 0 Å². The van der Waals surface area contributed by atoms with E-state index in [0.29, 0.717) is 15.1 Å². The van der Waals surface area contributed by atoms with E-state index in [4.69, 9.17) is 11.6 Å². The molecule has 3 rings (SSSR count). The van der Waals surface area contributed by atoms with Gasteiger partial charge in [0.1, 0.15) is 0 Å². The number of anilines is 1. The van der Waals surface area contributed by atoms with Crippen LogP contribution in [0.4, 0.5) is 5.69 Å². The van der Waals surface area contributed by atoms with Gasteiger partial charge in [-0.15, -0.1) is 0 Å². The van der Waals surface area contributed by atoms with Gasteiger partial charge in [-0.3, -0.25) is 4.79 Å². The fraction of sp³-hybridized carbons (Fsp3) is 0. The van der Waals surface area contributed by atoms with Gasteiger partial charge < -0.3 is 5.32 Å². The van der Waals surface area contributed by atoms with Crippen LogP contribution in [0.1, 0.15) is 10.4 Å². The van der Waals surface area contributed by atoms with E-state index in [1.807, 2.05) is 42.5 Å². The summed E-state index contributed by atoms with van der Waals surface area (Å²) >= 11 is 9.49. The van der Waals surface area contributed by atoms with Crippen molar-refractivity contribution in [1.29, 1.82) is 0 Å². The normalized spacial score (nSPS) is 10.6. The lowest BCUT2D eigenvalue weighted by Gasteiger charge is -2.10. The molecule has 1 amide bonds. The minimum Gasteiger partial charge on any atom is -0.321 e. The average molecular weight is 361 g/mol. The number of benzene rings is 3. The molecule has 0 unspecified atom stereocenters. The molecule has 4 heteroatoms. The second-order valence-electron chi connectivity index (χ2n) is 4.58. The van der Waals surface area contributed by atoms with Gasteiger partial charge in [0.15, 0.2) is 0 Å². The number of rotatable bonds is 2. The van der Waals surface area contributed by atoms with Crippen LogP contribution in [-0.4, -0.2) is 5.91 Å². The second kappa shape index (κ2) is 5.88. The van der Waals surface area contributed by atoms with Crippen LogP contribution in [0.2, 0.25) is 5.02 Å². The van der Waals surface area contributed by atoms with E-state index in [1.54, 1.807) is 18.2 Å². The van der Waals surface area contributed by atoms with Gasteiger partial charge in [-0.25, -0.2) is 0 Å². The van der Waals surface area contributed by atoms with Crippen molar-refractivity contribution >= 4 is 49.9 Å². The van der Waals surface area contributed by atoms with Crippen molar-refractivity contribution in [2.24, 2.45) is 0 Å². The minimum absolute atomic E-state index is 0.224. The Kier molecular flexibility index (Phi) is 3.95. The van der Waals surface area contributed by atoms with Crippen LogP contribution in [0, 0.1) is 0 Å². The van der Waals surface area contributed by atoms with Gasteiger partial charge in [-0.2, -0.15) is 0 Å². The lowest BCUT2D eigenvalue weighted by Crippen LogP contribution is -2.12. The van der Waals surface area contributed by atoms with Crippen LogP contribution in [-0.2, 0) is 0 Å². The summed E-state index contributed by atoms with van der Waals surface area (Å²) in [5.74, 6) is -0.224. The fourth-order valence-electron chi connectivity index (χ4n) is 2.20. The van der Waals surface area contributed by atoms with Crippen molar-refractivity contribution in [3.05, 3.63) is 75.7 Å². The molecule has 0 bridgehead atoms. The van der Waals surface area contributed by atoms with E-state index >= 15 is 0 Å². The molecule has 3 aromatic rings. The third kappa shape index (κ3) is 2.80. The molecule has 3 aromatic carbocycles. The predicted octanol–water partition coefficient (Wildman–Crippen LogP) is 5.51.